The van der Waals surface area contributed by atoms with E-state index in [1.807, 2.05) is 18.2 Å². The molecule has 9 nitrogen and oxygen atoms in total. The van der Waals surface area contributed by atoms with Gasteiger partial charge in [-0.05, 0) is 29.7 Å². The lowest BCUT2D eigenvalue weighted by molar-refractivity contribution is -0.136. The first-order chi connectivity index (χ1) is 15.1. The lowest BCUT2D eigenvalue weighted by atomic mass is 10.0. The molecule has 0 saturated carbocycles. The van der Waals surface area contributed by atoms with E-state index >= 15 is 0 Å². The van der Waals surface area contributed by atoms with Gasteiger partial charge in [0.2, 0.25) is 17.8 Å². The van der Waals surface area contributed by atoms with Crippen LogP contribution >= 0.6 is 0 Å². The molecule has 2 aromatic rings. The summed E-state index contributed by atoms with van der Waals surface area (Å²) in [5, 5.41) is 2.34. The molecule has 1 N–H and O–H groups in total. The highest BCUT2D eigenvalue weighted by Crippen LogP contribution is 2.28. The highest BCUT2D eigenvalue weighted by atomic mass is 16.2. The zero-order chi connectivity index (χ0) is 21.4. The molecule has 5 rings (SSSR count). The summed E-state index contributed by atoms with van der Waals surface area (Å²) < 4.78 is 0. The normalized spacial score (nSPS) is 21.9. The number of hydrogen-bond donors (Lipinski definition) is 1. The van der Waals surface area contributed by atoms with Crippen molar-refractivity contribution in [1.82, 2.24) is 25.1 Å². The summed E-state index contributed by atoms with van der Waals surface area (Å²) >= 11 is 0. The molecule has 1 unspecified atom stereocenters. The van der Waals surface area contributed by atoms with Gasteiger partial charge in [0.05, 0.1) is 0 Å². The molecule has 0 bridgehead atoms. The van der Waals surface area contributed by atoms with Crippen LogP contribution in [0, 0.1) is 0 Å². The molecule has 1 aromatic heterocycles. The van der Waals surface area contributed by atoms with E-state index in [0.717, 1.165) is 49.8 Å². The molecule has 1 aromatic carbocycles. The number of fused-ring (bicyclic) bond motifs is 1. The van der Waals surface area contributed by atoms with Gasteiger partial charge in [-0.2, -0.15) is 0 Å². The molecule has 31 heavy (non-hydrogen) atoms. The van der Waals surface area contributed by atoms with E-state index in [9.17, 15) is 14.4 Å². The highest BCUT2D eigenvalue weighted by molar-refractivity contribution is 6.05. The van der Waals surface area contributed by atoms with Crippen molar-refractivity contribution < 1.29 is 14.4 Å². The third kappa shape index (κ3) is 3.88. The van der Waals surface area contributed by atoms with Crippen LogP contribution in [-0.2, 0) is 22.7 Å². The lowest BCUT2D eigenvalue weighted by Crippen LogP contribution is -2.52. The Balaban J connectivity index is 1.22. The largest absolute Gasteiger partial charge is 0.338 e. The van der Waals surface area contributed by atoms with Crippen molar-refractivity contribution in [3.63, 3.8) is 0 Å². The molecule has 3 aliphatic heterocycles. The Morgan fingerprint density at radius 2 is 1.81 bits per heavy atom. The number of hydrogen-bond acceptors (Lipinski definition) is 7. The van der Waals surface area contributed by atoms with Crippen molar-refractivity contribution in [2.24, 2.45) is 0 Å². The van der Waals surface area contributed by atoms with Crippen LogP contribution in [0.4, 0.5) is 5.95 Å². The maximum atomic E-state index is 12.8. The molecule has 0 radical (unpaired) electrons. The third-order valence-corrected chi connectivity index (χ3v) is 6.20. The van der Waals surface area contributed by atoms with Gasteiger partial charge in [-0.25, -0.2) is 9.97 Å². The zero-order valence-electron chi connectivity index (χ0n) is 17.2. The fourth-order valence-electron chi connectivity index (χ4n) is 4.54. The van der Waals surface area contributed by atoms with Crippen molar-refractivity contribution in [3.05, 3.63) is 53.3 Å². The molecule has 0 spiro atoms. The van der Waals surface area contributed by atoms with Gasteiger partial charge < -0.3 is 9.80 Å². The van der Waals surface area contributed by atoms with Gasteiger partial charge in [-0.1, -0.05) is 12.1 Å². The van der Waals surface area contributed by atoms with Crippen LogP contribution < -0.4 is 10.2 Å². The van der Waals surface area contributed by atoms with Crippen LogP contribution in [0.5, 0.6) is 0 Å². The van der Waals surface area contributed by atoms with Crippen LogP contribution in [0.3, 0.4) is 0 Å². The van der Waals surface area contributed by atoms with E-state index in [4.69, 9.17) is 0 Å². The number of carbonyl (C=O) groups excluding carboxylic acids is 3. The molecule has 1 atom stereocenters. The fraction of sp³-hybridized carbons (Fsp3) is 0.409. The molecular weight excluding hydrogens is 396 g/mol. The van der Waals surface area contributed by atoms with Crippen LogP contribution in [0.2, 0.25) is 0 Å². The number of piperidine rings is 1. The third-order valence-electron chi connectivity index (χ3n) is 6.20. The Hall–Kier alpha value is -3.33. The summed E-state index contributed by atoms with van der Waals surface area (Å²) in [5.74, 6) is -0.0104. The molecule has 3 amide bonds. The minimum Gasteiger partial charge on any atom is -0.338 e. The average Bonchev–Trinajstić information content (AvgIpc) is 3.10. The lowest BCUT2D eigenvalue weighted by Gasteiger charge is -2.34. The van der Waals surface area contributed by atoms with E-state index in [1.165, 1.54) is 0 Å². The Labute approximate surface area is 180 Å². The molecule has 2 saturated heterocycles. The summed E-state index contributed by atoms with van der Waals surface area (Å²) in [6.45, 7) is 4.79. The number of carbonyl (C=O) groups is 3. The molecule has 0 aliphatic carbocycles. The number of imide groups is 1. The average molecular weight is 420 g/mol. The Kier molecular flexibility index (Phi) is 5.11. The van der Waals surface area contributed by atoms with Crippen molar-refractivity contribution in [2.75, 3.05) is 31.1 Å². The van der Waals surface area contributed by atoms with Gasteiger partial charge >= 0.3 is 0 Å². The quantitative estimate of drug-likeness (QED) is 0.722. The summed E-state index contributed by atoms with van der Waals surface area (Å²) in [4.78, 5) is 51.3. The Bertz CT molecular complexity index is 1020. The predicted molar refractivity (Wildman–Crippen MR) is 112 cm³/mol. The zero-order valence-corrected chi connectivity index (χ0v) is 17.2. The van der Waals surface area contributed by atoms with Crippen molar-refractivity contribution in [1.29, 1.82) is 0 Å². The number of nitrogens with zero attached hydrogens (tertiary/aromatic N) is 5. The standard InChI is InChI=1S/C22H24N6O3/c29-19-5-4-18(20(30)25-19)28-14-16-12-15(2-3-17(16)21(28)31)13-26-8-10-27(11-9-26)22-23-6-1-7-24-22/h1-3,6-7,12,18H,4-5,8-11,13-14H2,(H,25,29,30). The number of amides is 3. The van der Waals surface area contributed by atoms with Crippen molar-refractivity contribution in [3.8, 4) is 0 Å². The van der Waals surface area contributed by atoms with Crippen LogP contribution in [-0.4, -0.2) is 69.7 Å². The van der Waals surface area contributed by atoms with Gasteiger partial charge in [-0.3, -0.25) is 24.6 Å². The van der Waals surface area contributed by atoms with Crippen LogP contribution in [0.1, 0.15) is 34.3 Å². The van der Waals surface area contributed by atoms with Crippen LogP contribution in [0.25, 0.3) is 0 Å². The van der Waals surface area contributed by atoms with Gasteiger partial charge in [0.25, 0.3) is 5.91 Å². The smallest absolute Gasteiger partial charge is 0.255 e. The van der Waals surface area contributed by atoms with Gasteiger partial charge in [0.15, 0.2) is 0 Å². The summed E-state index contributed by atoms with van der Waals surface area (Å²) in [6.07, 6.45) is 4.17. The topological polar surface area (TPSA) is 98.7 Å². The first kappa shape index (κ1) is 19.6. The van der Waals surface area contributed by atoms with Crippen molar-refractivity contribution >= 4 is 23.7 Å². The molecule has 2 fully saturated rings. The first-order valence-corrected chi connectivity index (χ1v) is 10.6. The molecular formula is C22H24N6O3. The second kappa shape index (κ2) is 8.07. The number of anilines is 1. The van der Waals surface area contributed by atoms with E-state index < -0.39 is 6.04 Å². The van der Waals surface area contributed by atoms with E-state index in [0.29, 0.717) is 18.5 Å². The first-order valence-electron chi connectivity index (χ1n) is 10.6. The monoisotopic (exact) mass is 420 g/mol. The molecule has 4 heterocycles. The minimum atomic E-state index is -0.575. The summed E-state index contributed by atoms with van der Waals surface area (Å²) in [6, 6.07) is 7.19. The molecule has 9 heteroatoms. The Morgan fingerprint density at radius 1 is 1.03 bits per heavy atom. The fourth-order valence-corrected chi connectivity index (χ4v) is 4.54. The van der Waals surface area contributed by atoms with E-state index in [1.54, 1.807) is 17.3 Å². The van der Waals surface area contributed by atoms with Gasteiger partial charge in [0, 0.05) is 63.6 Å². The van der Waals surface area contributed by atoms with E-state index in [2.05, 4.69) is 31.2 Å². The number of rotatable bonds is 4. The van der Waals surface area contributed by atoms with Crippen molar-refractivity contribution in [2.45, 2.75) is 32.0 Å². The summed E-state index contributed by atoms with van der Waals surface area (Å²) in [5.41, 5.74) is 2.75. The number of benzene rings is 1. The Morgan fingerprint density at radius 3 is 2.55 bits per heavy atom. The maximum Gasteiger partial charge on any atom is 0.255 e. The van der Waals surface area contributed by atoms with Crippen LogP contribution in [0.15, 0.2) is 36.7 Å². The maximum absolute atomic E-state index is 12.8. The predicted octanol–water partition coefficient (Wildman–Crippen LogP) is 0.560. The number of piperazine rings is 1. The molecule has 3 aliphatic rings. The van der Waals surface area contributed by atoms with E-state index in [-0.39, 0.29) is 24.1 Å². The van der Waals surface area contributed by atoms with Gasteiger partial charge in [0.1, 0.15) is 6.04 Å². The minimum absolute atomic E-state index is 0.132. The SMILES string of the molecule is O=C1CCC(N2Cc3cc(CN4CCN(c5ncccn5)CC4)ccc3C2=O)C(=O)N1. The second-order valence-electron chi connectivity index (χ2n) is 8.20. The molecule has 160 valence electrons. The highest BCUT2D eigenvalue weighted by Gasteiger charge is 2.39. The van der Waals surface area contributed by atoms with Gasteiger partial charge in [-0.15, -0.1) is 0 Å². The second-order valence-corrected chi connectivity index (χ2v) is 8.20. The number of aromatic nitrogens is 2. The number of nitrogens with one attached hydrogen (secondary N) is 1. The summed E-state index contributed by atoms with van der Waals surface area (Å²) in [7, 11) is 0.